The molecule has 0 unspecified atom stereocenters. The van der Waals surface area contributed by atoms with Crippen molar-refractivity contribution in [2.24, 2.45) is 10.7 Å². The molecule has 1 aliphatic rings. The third kappa shape index (κ3) is 8.19. The third-order valence-electron chi connectivity index (χ3n) is 5.23. The molecule has 0 aromatic heterocycles. The highest BCUT2D eigenvalue weighted by atomic mass is 19.1. The molecule has 0 spiro atoms. The minimum Gasteiger partial charge on any atom is -0.405 e. The fourth-order valence-electron chi connectivity index (χ4n) is 3.35. The van der Waals surface area contributed by atoms with Gasteiger partial charge in [-0.2, -0.15) is 0 Å². The van der Waals surface area contributed by atoms with Crippen LogP contribution in [0.4, 0.5) is 4.39 Å². The summed E-state index contributed by atoms with van der Waals surface area (Å²) >= 11 is 0. The van der Waals surface area contributed by atoms with Gasteiger partial charge in [0.25, 0.3) is 0 Å². The Morgan fingerprint density at radius 1 is 1.25 bits per heavy atom. The van der Waals surface area contributed by atoms with Crippen molar-refractivity contribution < 1.29 is 4.39 Å². The molecular weight excluding hydrogens is 401 g/mol. The summed E-state index contributed by atoms with van der Waals surface area (Å²) in [6.45, 7) is 15.2. The second-order valence-electron chi connectivity index (χ2n) is 7.86. The summed E-state index contributed by atoms with van der Waals surface area (Å²) in [7, 11) is 0. The van der Waals surface area contributed by atoms with E-state index in [9.17, 15) is 4.39 Å². The van der Waals surface area contributed by atoms with Gasteiger partial charge in [-0.05, 0) is 74.9 Å². The summed E-state index contributed by atoms with van der Waals surface area (Å²) < 4.78 is 13.5. The molecule has 0 saturated heterocycles. The minimum absolute atomic E-state index is 0.181. The maximum atomic E-state index is 13.5. The van der Waals surface area contributed by atoms with Crippen LogP contribution in [0, 0.1) is 12.7 Å². The Bertz CT molecular complexity index is 911. The van der Waals surface area contributed by atoms with Crippen LogP contribution in [0.15, 0.2) is 83.9 Å². The quantitative estimate of drug-likeness (QED) is 0.310. The third-order valence-corrected chi connectivity index (χ3v) is 5.23. The van der Waals surface area contributed by atoms with Gasteiger partial charge in [0.2, 0.25) is 0 Å². The molecular formula is C26H36FN5. The SMILES string of the molecule is C=C(NCCCCCNC/N=C(C)\C=C/N)C1=CC=CN(Cc2ccc(F)c(C)c2)C1=C. The van der Waals surface area contributed by atoms with Gasteiger partial charge in [-0.25, -0.2) is 4.39 Å². The first-order valence-electron chi connectivity index (χ1n) is 11.0. The summed E-state index contributed by atoms with van der Waals surface area (Å²) in [5.74, 6) is -0.181. The second-order valence-corrected chi connectivity index (χ2v) is 7.86. The normalized spacial score (nSPS) is 14.2. The summed E-state index contributed by atoms with van der Waals surface area (Å²) in [4.78, 5) is 6.41. The molecule has 0 aliphatic carbocycles. The number of hydrogen-bond acceptors (Lipinski definition) is 5. The fraction of sp³-hybridized carbons (Fsp3) is 0.346. The highest BCUT2D eigenvalue weighted by Gasteiger charge is 2.16. The van der Waals surface area contributed by atoms with Crippen molar-refractivity contribution in [3.05, 3.63) is 95.9 Å². The van der Waals surface area contributed by atoms with Gasteiger partial charge < -0.3 is 16.0 Å². The molecule has 1 aromatic rings. The van der Waals surface area contributed by atoms with Gasteiger partial charge in [0.15, 0.2) is 0 Å². The number of hydrogen-bond donors (Lipinski definition) is 3. The summed E-state index contributed by atoms with van der Waals surface area (Å²) in [6.07, 6.45) is 12.6. The fourth-order valence-corrected chi connectivity index (χ4v) is 3.35. The van der Waals surface area contributed by atoms with Crippen molar-refractivity contribution >= 4 is 5.71 Å². The van der Waals surface area contributed by atoms with E-state index >= 15 is 0 Å². The van der Waals surface area contributed by atoms with Crippen LogP contribution in [-0.4, -0.2) is 30.4 Å². The predicted octanol–water partition coefficient (Wildman–Crippen LogP) is 4.66. The van der Waals surface area contributed by atoms with Crippen LogP contribution in [0.25, 0.3) is 0 Å². The van der Waals surface area contributed by atoms with Gasteiger partial charge in [-0.3, -0.25) is 10.3 Å². The molecule has 0 radical (unpaired) electrons. The monoisotopic (exact) mass is 437 g/mol. The van der Waals surface area contributed by atoms with E-state index in [4.69, 9.17) is 5.73 Å². The number of benzene rings is 1. The number of allylic oxidation sites excluding steroid dienone is 3. The van der Waals surface area contributed by atoms with E-state index in [2.05, 4.69) is 33.7 Å². The van der Waals surface area contributed by atoms with E-state index in [-0.39, 0.29) is 5.82 Å². The molecule has 1 heterocycles. The van der Waals surface area contributed by atoms with Gasteiger partial charge in [0.05, 0.1) is 6.67 Å². The largest absolute Gasteiger partial charge is 0.405 e. The number of unbranched alkanes of at least 4 members (excludes halogenated alkanes) is 2. The van der Waals surface area contributed by atoms with Crippen molar-refractivity contribution in [1.29, 1.82) is 0 Å². The van der Waals surface area contributed by atoms with Gasteiger partial charge >= 0.3 is 0 Å². The van der Waals surface area contributed by atoms with Crippen molar-refractivity contribution in [3.8, 4) is 0 Å². The summed E-state index contributed by atoms with van der Waals surface area (Å²) in [6, 6.07) is 5.20. The van der Waals surface area contributed by atoms with E-state index in [1.165, 1.54) is 12.3 Å². The topological polar surface area (TPSA) is 65.7 Å². The lowest BCUT2D eigenvalue weighted by molar-refractivity contribution is 0.463. The van der Waals surface area contributed by atoms with Gasteiger partial charge in [-0.1, -0.05) is 31.7 Å². The Morgan fingerprint density at radius 3 is 2.78 bits per heavy atom. The molecule has 32 heavy (non-hydrogen) atoms. The van der Waals surface area contributed by atoms with E-state index < -0.39 is 0 Å². The molecule has 172 valence electrons. The van der Waals surface area contributed by atoms with Crippen LogP contribution in [0.2, 0.25) is 0 Å². The molecule has 0 atom stereocenters. The molecule has 0 bridgehead atoms. The lowest BCUT2D eigenvalue weighted by Gasteiger charge is -2.28. The zero-order valence-electron chi connectivity index (χ0n) is 19.3. The average molecular weight is 438 g/mol. The smallest absolute Gasteiger partial charge is 0.126 e. The zero-order valence-corrected chi connectivity index (χ0v) is 19.3. The van der Waals surface area contributed by atoms with Gasteiger partial charge in [-0.15, -0.1) is 0 Å². The number of nitrogens with one attached hydrogen (secondary N) is 2. The Hall–Kier alpha value is -3.12. The number of halogens is 1. The number of nitrogens with zero attached hydrogens (tertiary/aromatic N) is 2. The molecule has 1 aliphatic heterocycles. The summed E-state index contributed by atoms with van der Waals surface area (Å²) in [5, 5.41) is 6.73. The molecule has 0 fully saturated rings. The predicted molar refractivity (Wildman–Crippen MR) is 133 cm³/mol. The highest BCUT2D eigenvalue weighted by Crippen LogP contribution is 2.25. The number of nitrogens with two attached hydrogens (primary N) is 1. The maximum absolute atomic E-state index is 13.5. The van der Waals surface area contributed by atoms with Crippen LogP contribution in [0.3, 0.4) is 0 Å². The summed E-state index contributed by atoms with van der Waals surface area (Å²) in [5.41, 5.74) is 10.7. The molecule has 6 heteroatoms. The zero-order chi connectivity index (χ0) is 23.3. The van der Waals surface area contributed by atoms with E-state index in [1.807, 2.05) is 37.4 Å². The lowest BCUT2D eigenvalue weighted by atomic mass is 10.0. The van der Waals surface area contributed by atoms with E-state index in [1.54, 1.807) is 13.0 Å². The number of aryl methyl sites for hydroxylation is 1. The van der Waals surface area contributed by atoms with Crippen LogP contribution in [0.1, 0.15) is 37.3 Å². The van der Waals surface area contributed by atoms with Gasteiger partial charge in [0.1, 0.15) is 5.82 Å². The van der Waals surface area contributed by atoms with Gasteiger partial charge in [0, 0.05) is 42.0 Å². The van der Waals surface area contributed by atoms with Crippen LogP contribution in [-0.2, 0) is 6.54 Å². The maximum Gasteiger partial charge on any atom is 0.126 e. The standard InChI is InChI=1S/C26H36FN5/c1-20-17-24(10-11-26(20)27)18-32-16-8-9-25(23(32)4)22(3)30-15-7-5-6-14-29-19-31-21(2)12-13-28/h8-13,16-17,29-30H,3-7,14-15,18-19,28H2,1-2H3/b13-12-,31-21-. The minimum atomic E-state index is -0.181. The van der Waals surface area contributed by atoms with Crippen molar-refractivity contribution in [1.82, 2.24) is 15.5 Å². The Kier molecular flexibility index (Phi) is 10.5. The van der Waals surface area contributed by atoms with E-state index in [0.717, 1.165) is 60.6 Å². The average Bonchev–Trinajstić information content (AvgIpc) is 2.76. The molecule has 1 aromatic carbocycles. The van der Waals surface area contributed by atoms with Crippen LogP contribution < -0.4 is 16.4 Å². The van der Waals surface area contributed by atoms with Crippen molar-refractivity contribution in [2.45, 2.75) is 39.7 Å². The van der Waals surface area contributed by atoms with Crippen LogP contribution >= 0.6 is 0 Å². The first kappa shape index (κ1) is 25.1. The Balaban J connectivity index is 1.68. The Labute approximate surface area is 192 Å². The number of aliphatic imine (C=N–C) groups is 1. The van der Waals surface area contributed by atoms with Crippen LogP contribution in [0.5, 0.6) is 0 Å². The molecule has 4 N–H and O–H groups in total. The van der Waals surface area contributed by atoms with Crippen molar-refractivity contribution in [2.75, 3.05) is 19.8 Å². The van der Waals surface area contributed by atoms with E-state index in [0.29, 0.717) is 18.8 Å². The lowest BCUT2D eigenvalue weighted by Crippen LogP contribution is -2.24. The number of rotatable bonds is 13. The molecule has 0 amide bonds. The van der Waals surface area contributed by atoms with Crippen molar-refractivity contribution in [3.63, 3.8) is 0 Å². The first-order chi connectivity index (χ1) is 15.4. The molecule has 0 saturated carbocycles. The molecule has 5 nitrogen and oxygen atoms in total. The second kappa shape index (κ2) is 13.3. The Morgan fingerprint density at radius 2 is 2.03 bits per heavy atom. The first-order valence-corrected chi connectivity index (χ1v) is 11.0. The highest BCUT2D eigenvalue weighted by molar-refractivity contribution is 5.92. The molecule has 2 rings (SSSR count).